The average molecular weight is 200 g/mol. The van der Waals surface area contributed by atoms with E-state index in [4.69, 9.17) is 10.1 Å². The van der Waals surface area contributed by atoms with E-state index in [1.54, 1.807) is 7.11 Å². The summed E-state index contributed by atoms with van der Waals surface area (Å²) in [6.07, 6.45) is 0. The summed E-state index contributed by atoms with van der Waals surface area (Å²) in [6.45, 7) is 10.9. The molecule has 0 spiro atoms. The topological polar surface area (TPSA) is 36.3 Å². The number of methoxy groups -OCH3 is 1. The summed E-state index contributed by atoms with van der Waals surface area (Å²) in [5.41, 5.74) is 0. The van der Waals surface area contributed by atoms with Crippen molar-refractivity contribution in [1.29, 1.82) is 5.41 Å². The Labute approximate surface area is 87.9 Å². The van der Waals surface area contributed by atoms with Crippen LogP contribution in [0.4, 0.5) is 0 Å². The molecular formula is C11H24N2O. The highest BCUT2D eigenvalue weighted by molar-refractivity contribution is 5.80. The van der Waals surface area contributed by atoms with Gasteiger partial charge in [0.1, 0.15) is 0 Å². The molecule has 0 aromatic carbocycles. The van der Waals surface area contributed by atoms with E-state index in [0.717, 1.165) is 18.9 Å². The van der Waals surface area contributed by atoms with Gasteiger partial charge in [-0.1, -0.05) is 27.7 Å². The lowest BCUT2D eigenvalue weighted by molar-refractivity contribution is 0.170. The van der Waals surface area contributed by atoms with Crippen molar-refractivity contribution in [1.82, 2.24) is 4.90 Å². The van der Waals surface area contributed by atoms with E-state index in [1.165, 1.54) is 0 Å². The molecule has 84 valence electrons. The first-order valence-corrected chi connectivity index (χ1v) is 5.31. The minimum absolute atomic E-state index is 0.297. The summed E-state index contributed by atoms with van der Waals surface area (Å²) < 4.78 is 5.05. The number of hydrogen-bond acceptors (Lipinski definition) is 2. The normalized spacial score (nSPS) is 11.1. The van der Waals surface area contributed by atoms with Crippen LogP contribution in [0.15, 0.2) is 0 Å². The first kappa shape index (κ1) is 13.4. The third-order valence-corrected chi connectivity index (χ3v) is 2.04. The Morgan fingerprint density at radius 1 is 1.29 bits per heavy atom. The van der Waals surface area contributed by atoms with Crippen molar-refractivity contribution in [3.8, 4) is 0 Å². The zero-order valence-electron chi connectivity index (χ0n) is 10.1. The highest BCUT2D eigenvalue weighted by atomic mass is 16.5. The maximum Gasteiger partial charge on any atom is 0.0984 e. The second kappa shape index (κ2) is 6.82. The molecule has 0 aliphatic rings. The van der Waals surface area contributed by atoms with Gasteiger partial charge in [0.25, 0.3) is 0 Å². The van der Waals surface area contributed by atoms with E-state index in [-0.39, 0.29) is 0 Å². The Balaban J connectivity index is 4.15. The lowest BCUT2D eigenvalue weighted by atomic mass is 10.1. The molecule has 0 amide bonds. The maximum atomic E-state index is 7.94. The van der Waals surface area contributed by atoms with Crippen LogP contribution in [-0.2, 0) is 4.74 Å². The van der Waals surface area contributed by atoms with Gasteiger partial charge in [-0.15, -0.1) is 0 Å². The largest absolute Gasteiger partial charge is 0.383 e. The van der Waals surface area contributed by atoms with Crippen molar-refractivity contribution in [3.63, 3.8) is 0 Å². The van der Waals surface area contributed by atoms with Crippen LogP contribution in [0.1, 0.15) is 27.7 Å². The Kier molecular flexibility index (Phi) is 6.54. The van der Waals surface area contributed by atoms with Crippen molar-refractivity contribution >= 4 is 5.84 Å². The maximum absolute atomic E-state index is 7.94. The Morgan fingerprint density at radius 2 is 1.86 bits per heavy atom. The summed E-state index contributed by atoms with van der Waals surface area (Å²) in [5, 5.41) is 7.94. The van der Waals surface area contributed by atoms with Crippen LogP contribution in [0.25, 0.3) is 0 Å². The summed E-state index contributed by atoms with van der Waals surface area (Å²) in [5.74, 6) is 1.60. The molecule has 0 rings (SSSR count). The summed E-state index contributed by atoms with van der Waals surface area (Å²) in [6, 6.07) is 0. The van der Waals surface area contributed by atoms with Crippen LogP contribution < -0.4 is 0 Å². The molecule has 0 fully saturated rings. The lowest BCUT2D eigenvalue weighted by Gasteiger charge is -2.28. The molecule has 0 heterocycles. The molecule has 0 bridgehead atoms. The fourth-order valence-corrected chi connectivity index (χ4v) is 1.32. The highest BCUT2D eigenvalue weighted by Crippen LogP contribution is 2.05. The van der Waals surface area contributed by atoms with Gasteiger partial charge < -0.3 is 9.64 Å². The highest BCUT2D eigenvalue weighted by Gasteiger charge is 2.13. The number of nitrogens with one attached hydrogen (secondary N) is 1. The summed E-state index contributed by atoms with van der Waals surface area (Å²) in [7, 11) is 1.70. The van der Waals surface area contributed by atoms with Gasteiger partial charge in [-0.3, -0.25) is 5.41 Å². The van der Waals surface area contributed by atoms with Crippen LogP contribution in [-0.4, -0.2) is 37.5 Å². The van der Waals surface area contributed by atoms with E-state index >= 15 is 0 Å². The van der Waals surface area contributed by atoms with Crippen LogP contribution >= 0.6 is 0 Å². The Morgan fingerprint density at radius 3 is 2.21 bits per heavy atom. The van der Waals surface area contributed by atoms with E-state index < -0.39 is 0 Å². The summed E-state index contributed by atoms with van der Waals surface area (Å²) >= 11 is 0. The van der Waals surface area contributed by atoms with Crippen LogP contribution in [0.5, 0.6) is 0 Å². The fourth-order valence-electron chi connectivity index (χ4n) is 1.32. The molecule has 0 aromatic rings. The van der Waals surface area contributed by atoms with Crippen LogP contribution in [0, 0.1) is 17.2 Å². The first-order chi connectivity index (χ1) is 6.49. The molecular weight excluding hydrogens is 176 g/mol. The third kappa shape index (κ3) is 5.22. The number of rotatable bonds is 6. The SMILES string of the molecule is COCCN(CC(C)C)C(=N)C(C)C. The smallest absolute Gasteiger partial charge is 0.0984 e. The zero-order valence-corrected chi connectivity index (χ0v) is 10.1. The predicted molar refractivity (Wildman–Crippen MR) is 60.9 cm³/mol. The first-order valence-electron chi connectivity index (χ1n) is 5.31. The quantitative estimate of drug-likeness (QED) is 0.527. The lowest BCUT2D eigenvalue weighted by Crippen LogP contribution is -2.38. The van der Waals surface area contributed by atoms with E-state index in [9.17, 15) is 0 Å². The molecule has 0 atom stereocenters. The van der Waals surface area contributed by atoms with Crippen LogP contribution in [0.2, 0.25) is 0 Å². The number of nitrogens with zero attached hydrogens (tertiary/aromatic N) is 1. The van der Waals surface area contributed by atoms with Crippen molar-refractivity contribution in [2.24, 2.45) is 11.8 Å². The number of amidine groups is 1. The molecule has 1 N–H and O–H groups in total. The monoisotopic (exact) mass is 200 g/mol. The van der Waals surface area contributed by atoms with E-state index in [2.05, 4.69) is 32.6 Å². The molecule has 0 radical (unpaired) electrons. The fraction of sp³-hybridized carbons (Fsp3) is 0.909. The van der Waals surface area contributed by atoms with Gasteiger partial charge in [0.2, 0.25) is 0 Å². The van der Waals surface area contributed by atoms with Gasteiger partial charge in [-0.2, -0.15) is 0 Å². The number of hydrogen-bond donors (Lipinski definition) is 1. The van der Waals surface area contributed by atoms with Gasteiger partial charge in [0.05, 0.1) is 12.4 Å². The molecule has 3 nitrogen and oxygen atoms in total. The van der Waals surface area contributed by atoms with Gasteiger partial charge in [-0.25, -0.2) is 0 Å². The Hall–Kier alpha value is -0.570. The number of ether oxygens (including phenoxy) is 1. The van der Waals surface area contributed by atoms with E-state index in [0.29, 0.717) is 18.4 Å². The third-order valence-electron chi connectivity index (χ3n) is 2.04. The van der Waals surface area contributed by atoms with Crippen molar-refractivity contribution in [2.45, 2.75) is 27.7 Å². The second-order valence-electron chi connectivity index (χ2n) is 4.37. The minimum atomic E-state index is 0.297. The van der Waals surface area contributed by atoms with Crippen LogP contribution in [0.3, 0.4) is 0 Å². The molecule has 0 aliphatic carbocycles. The predicted octanol–water partition coefficient (Wildman–Crippen LogP) is 2.22. The molecule has 14 heavy (non-hydrogen) atoms. The molecule has 0 aliphatic heterocycles. The van der Waals surface area contributed by atoms with Gasteiger partial charge >= 0.3 is 0 Å². The molecule has 0 unspecified atom stereocenters. The summed E-state index contributed by atoms with van der Waals surface area (Å²) in [4.78, 5) is 2.11. The van der Waals surface area contributed by atoms with Crippen molar-refractivity contribution in [3.05, 3.63) is 0 Å². The molecule has 0 saturated carbocycles. The Bertz CT molecular complexity index is 167. The molecule has 0 saturated heterocycles. The van der Waals surface area contributed by atoms with Gasteiger partial charge in [0, 0.05) is 26.1 Å². The zero-order chi connectivity index (χ0) is 11.1. The average Bonchev–Trinajstić information content (AvgIpc) is 2.10. The second-order valence-corrected chi connectivity index (χ2v) is 4.37. The molecule has 0 aromatic heterocycles. The van der Waals surface area contributed by atoms with Gasteiger partial charge in [0.15, 0.2) is 0 Å². The van der Waals surface area contributed by atoms with Crippen molar-refractivity contribution in [2.75, 3.05) is 26.8 Å². The standard InChI is InChI=1S/C11H24N2O/c1-9(2)8-13(6-7-14-5)11(12)10(3)4/h9-10,12H,6-8H2,1-5H3. The van der Waals surface area contributed by atoms with Crippen molar-refractivity contribution < 1.29 is 4.74 Å². The minimum Gasteiger partial charge on any atom is -0.383 e. The van der Waals surface area contributed by atoms with E-state index in [1.807, 2.05) is 0 Å². The van der Waals surface area contributed by atoms with Gasteiger partial charge in [-0.05, 0) is 5.92 Å². The molecule has 3 heteroatoms.